The summed E-state index contributed by atoms with van der Waals surface area (Å²) in [6, 6.07) is 3.95. The Morgan fingerprint density at radius 1 is 1.33 bits per heavy atom. The Morgan fingerprint density at radius 3 is 2.88 bits per heavy atom. The van der Waals surface area contributed by atoms with Crippen molar-refractivity contribution in [1.29, 1.82) is 0 Å². The van der Waals surface area contributed by atoms with Crippen LogP contribution in [0.25, 0.3) is 0 Å². The van der Waals surface area contributed by atoms with Crippen molar-refractivity contribution in [2.45, 2.75) is 87.9 Å². The molecule has 1 aromatic carbocycles. The molecule has 0 amide bonds. The molecule has 1 saturated heterocycles. The van der Waals surface area contributed by atoms with Gasteiger partial charge in [0.2, 0.25) is 0 Å². The third kappa shape index (κ3) is 3.07. The molecule has 2 aliphatic heterocycles. The lowest BCUT2D eigenvalue weighted by Gasteiger charge is -2.59. The molecule has 6 unspecified atom stereocenters. The van der Waals surface area contributed by atoms with Crippen molar-refractivity contribution in [3.05, 3.63) is 35.9 Å². The molecule has 3 fully saturated rings. The first kappa shape index (κ1) is 21.7. The molecule has 0 aromatic heterocycles. The largest absolute Gasteiger partial charge is 0.504 e. The molecule has 33 heavy (non-hydrogen) atoms. The molecule has 0 radical (unpaired) electrons. The quantitative estimate of drug-likeness (QED) is 0.610. The van der Waals surface area contributed by atoms with Gasteiger partial charge in [-0.05, 0) is 94.2 Å². The Labute approximate surface area is 196 Å². The van der Waals surface area contributed by atoms with Crippen LogP contribution in [0.4, 0.5) is 0 Å². The number of aliphatic hydroxyl groups is 1. The Balaban J connectivity index is 1.45. The van der Waals surface area contributed by atoms with Crippen LogP contribution in [-0.4, -0.2) is 51.7 Å². The lowest BCUT2D eigenvalue weighted by molar-refractivity contribution is -0.165. The van der Waals surface area contributed by atoms with E-state index in [1.165, 1.54) is 18.4 Å². The second-order valence-electron chi connectivity index (χ2n) is 11.6. The summed E-state index contributed by atoms with van der Waals surface area (Å²) in [5.74, 6) is 2.11. The van der Waals surface area contributed by atoms with Gasteiger partial charge in [-0.3, -0.25) is 4.90 Å². The summed E-state index contributed by atoms with van der Waals surface area (Å²) in [4.78, 5) is 14.4. The minimum atomic E-state index is -0.851. The molecular weight excluding hydrogens is 414 g/mol. The minimum Gasteiger partial charge on any atom is -0.504 e. The van der Waals surface area contributed by atoms with Crippen molar-refractivity contribution in [1.82, 2.24) is 4.90 Å². The summed E-state index contributed by atoms with van der Waals surface area (Å²) in [5.41, 5.74) is 0.997. The van der Waals surface area contributed by atoms with Crippen LogP contribution >= 0.6 is 0 Å². The number of carbonyl (C=O) groups is 1. The van der Waals surface area contributed by atoms with Crippen molar-refractivity contribution in [2.75, 3.05) is 13.1 Å². The number of hydrogen-bond donors (Lipinski definition) is 2. The standard InChI is InChI=1S/C28H37NO4/c1-3-18(13-17(2)30)14-21-9-11-28(32)23-15-20-7-8-22(31)25-24(20)27(28,26(21)33-25)10-4-12-29(23)16-19-5-6-19/h3,7-8,18-19,21,23,26,31-32H,1,4-6,9-16H2,2H3. The predicted octanol–water partition coefficient (Wildman–Crippen LogP) is 4.13. The van der Waals surface area contributed by atoms with Crippen LogP contribution in [0.5, 0.6) is 11.5 Å². The van der Waals surface area contributed by atoms with Crippen molar-refractivity contribution < 1.29 is 19.7 Å². The van der Waals surface area contributed by atoms with Gasteiger partial charge in [-0.25, -0.2) is 0 Å². The number of Topliss-reactive ketones (excluding diaryl/α,β-unsaturated/α-hetero) is 1. The van der Waals surface area contributed by atoms with Crippen molar-refractivity contribution >= 4 is 5.78 Å². The summed E-state index contributed by atoms with van der Waals surface area (Å²) >= 11 is 0. The SMILES string of the molecule is C=CC(CC(C)=O)CC1CCC2(O)C3Cc4ccc(O)c5c4C2(CCCN3CC2CC2)C1O5. The second kappa shape index (κ2) is 7.58. The highest BCUT2D eigenvalue weighted by Gasteiger charge is 2.71. The fourth-order valence-corrected chi connectivity index (χ4v) is 8.09. The molecule has 2 bridgehead atoms. The highest BCUT2D eigenvalue weighted by atomic mass is 16.5. The summed E-state index contributed by atoms with van der Waals surface area (Å²) in [7, 11) is 0. The third-order valence-corrected chi connectivity index (χ3v) is 9.60. The summed E-state index contributed by atoms with van der Waals surface area (Å²) < 4.78 is 6.67. The molecule has 5 nitrogen and oxygen atoms in total. The summed E-state index contributed by atoms with van der Waals surface area (Å²) in [6.45, 7) is 7.77. The topological polar surface area (TPSA) is 70.0 Å². The van der Waals surface area contributed by atoms with E-state index < -0.39 is 11.0 Å². The second-order valence-corrected chi connectivity index (χ2v) is 11.6. The maximum absolute atomic E-state index is 12.7. The normalized spacial score (nSPS) is 37.6. The molecule has 1 spiro atoms. The Hall–Kier alpha value is -1.85. The maximum atomic E-state index is 12.7. The number of nitrogens with zero attached hydrogens (tertiary/aromatic N) is 1. The fourth-order valence-electron chi connectivity index (χ4n) is 8.09. The van der Waals surface area contributed by atoms with Crippen LogP contribution in [0.3, 0.4) is 0 Å². The number of phenolic OH excluding ortho intramolecular Hbond substituents is 1. The van der Waals surface area contributed by atoms with Crippen LogP contribution in [0.2, 0.25) is 0 Å². The van der Waals surface area contributed by atoms with E-state index in [0.717, 1.165) is 63.1 Å². The first-order valence-corrected chi connectivity index (χ1v) is 13.0. The monoisotopic (exact) mass is 451 g/mol. The predicted molar refractivity (Wildman–Crippen MR) is 126 cm³/mol. The van der Waals surface area contributed by atoms with Gasteiger partial charge >= 0.3 is 0 Å². The lowest BCUT2D eigenvalue weighted by atomic mass is 9.49. The molecule has 2 N–H and O–H groups in total. The number of hydrogen-bond acceptors (Lipinski definition) is 5. The van der Waals surface area contributed by atoms with E-state index in [9.17, 15) is 15.0 Å². The third-order valence-electron chi connectivity index (χ3n) is 9.60. The molecule has 178 valence electrons. The van der Waals surface area contributed by atoms with Crippen molar-refractivity contribution in [3.8, 4) is 11.5 Å². The molecule has 6 atom stereocenters. The van der Waals surface area contributed by atoms with Crippen LogP contribution in [0, 0.1) is 17.8 Å². The minimum absolute atomic E-state index is 0.100. The van der Waals surface area contributed by atoms with E-state index in [2.05, 4.69) is 17.5 Å². The Bertz CT molecular complexity index is 986. The van der Waals surface area contributed by atoms with E-state index in [-0.39, 0.29) is 35.5 Å². The van der Waals surface area contributed by atoms with Crippen molar-refractivity contribution in [3.63, 3.8) is 0 Å². The maximum Gasteiger partial charge on any atom is 0.165 e. The number of ether oxygens (including phenoxy) is 1. The van der Waals surface area contributed by atoms with Crippen LogP contribution in [-0.2, 0) is 16.6 Å². The fraction of sp³-hybridized carbons (Fsp3) is 0.679. The zero-order valence-electron chi connectivity index (χ0n) is 19.8. The van der Waals surface area contributed by atoms with E-state index in [4.69, 9.17) is 4.74 Å². The average molecular weight is 452 g/mol. The van der Waals surface area contributed by atoms with Crippen LogP contribution < -0.4 is 4.74 Å². The van der Waals surface area contributed by atoms with Gasteiger partial charge in [-0.1, -0.05) is 12.1 Å². The van der Waals surface area contributed by atoms with E-state index in [0.29, 0.717) is 12.2 Å². The van der Waals surface area contributed by atoms with E-state index in [1.54, 1.807) is 13.0 Å². The zero-order chi connectivity index (χ0) is 23.0. The molecule has 2 saturated carbocycles. The van der Waals surface area contributed by atoms with Gasteiger partial charge in [0.15, 0.2) is 11.5 Å². The number of benzene rings is 1. The number of allylic oxidation sites excluding steroid dienone is 1. The molecular formula is C28H37NO4. The van der Waals surface area contributed by atoms with Crippen molar-refractivity contribution in [2.24, 2.45) is 17.8 Å². The Kier molecular flexibility index (Phi) is 4.97. The smallest absolute Gasteiger partial charge is 0.165 e. The van der Waals surface area contributed by atoms with Gasteiger partial charge in [0.1, 0.15) is 11.9 Å². The van der Waals surface area contributed by atoms with Gasteiger partial charge in [0, 0.05) is 24.6 Å². The number of phenols is 1. The summed E-state index contributed by atoms with van der Waals surface area (Å²) in [6.07, 6.45) is 10.1. The summed E-state index contributed by atoms with van der Waals surface area (Å²) in [5, 5.41) is 23.5. The number of rotatable bonds is 7. The highest BCUT2D eigenvalue weighted by Crippen LogP contribution is 2.66. The lowest BCUT2D eigenvalue weighted by Crippen LogP contribution is -2.71. The molecule has 5 heteroatoms. The van der Waals surface area contributed by atoms with E-state index >= 15 is 0 Å². The Morgan fingerprint density at radius 2 is 2.15 bits per heavy atom. The van der Waals surface area contributed by atoms with Gasteiger partial charge in [0.05, 0.1) is 11.0 Å². The number of aromatic hydroxyl groups is 1. The average Bonchev–Trinajstić information content (AvgIpc) is 3.52. The van der Waals surface area contributed by atoms with Gasteiger partial charge in [-0.2, -0.15) is 0 Å². The first-order chi connectivity index (χ1) is 15.9. The number of likely N-dealkylation sites (tertiary alicyclic amines) is 1. The molecule has 1 aromatic rings. The van der Waals surface area contributed by atoms with Gasteiger partial charge in [0.25, 0.3) is 0 Å². The van der Waals surface area contributed by atoms with E-state index in [1.807, 2.05) is 6.08 Å². The molecule has 6 rings (SSSR count). The van der Waals surface area contributed by atoms with Crippen LogP contribution in [0.1, 0.15) is 69.4 Å². The molecule has 5 aliphatic rings. The van der Waals surface area contributed by atoms with Crippen LogP contribution in [0.15, 0.2) is 24.8 Å². The highest BCUT2D eigenvalue weighted by molar-refractivity contribution is 5.75. The van der Waals surface area contributed by atoms with Gasteiger partial charge < -0.3 is 19.7 Å². The molecule has 3 aliphatic carbocycles. The number of ketones is 1. The zero-order valence-corrected chi connectivity index (χ0v) is 19.8. The first-order valence-electron chi connectivity index (χ1n) is 13.0. The van der Waals surface area contributed by atoms with Gasteiger partial charge in [-0.15, -0.1) is 6.58 Å². The number of carbonyl (C=O) groups excluding carboxylic acids is 1. The molecule has 2 heterocycles.